The van der Waals surface area contributed by atoms with E-state index in [9.17, 15) is 0 Å². The molecule has 0 spiro atoms. The van der Waals surface area contributed by atoms with Crippen molar-refractivity contribution in [3.05, 3.63) is 83.9 Å². The fraction of sp³-hybridized carbons (Fsp3) is 0.391. The van der Waals surface area contributed by atoms with E-state index in [0.717, 1.165) is 12.8 Å². The molecule has 0 saturated carbocycles. The third kappa shape index (κ3) is 7.83. The van der Waals surface area contributed by atoms with Crippen LogP contribution in [0.5, 0.6) is 0 Å². The van der Waals surface area contributed by atoms with E-state index < -0.39 is 0 Å². The van der Waals surface area contributed by atoms with E-state index in [1.54, 1.807) is 0 Å². The van der Waals surface area contributed by atoms with Gasteiger partial charge in [0.15, 0.2) is 0 Å². The molecule has 0 bridgehead atoms. The Morgan fingerprint density at radius 3 is 1.43 bits per heavy atom. The van der Waals surface area contributed by atoms with Crippen molar-refractivity contribution in [2.45, 2.75) is 53.4 Å². The molecule has 0 aliphatic rings. The summed E-state index contributed by atoms with van der Waals surface area (Å²) >= 11 is 0. The largest absolute Gasteiger partial charge is 0.0649 e. The van der Waals surface area contributed by atoms with E-state index in [1.807, 2.05) is 0 Å². The fourth-order valence-corrected chi connectivity index (χ4v) is 2.43. The van der Waals surface area contributed by atoms with Crippen molar-refractivity contribution in [1.29, 1.82) is 0 Å². The summed E-state index contributed by atoms with van der Waals surface area (Å²) in [6.07, 6.45) is 4.59. The molecular formula is C23H32. The number of hydrogen-bond acceptors (Lipinski definition) is 0. The Labute approximate surface area is 143 Å². The zero-order valence-electron chi connectivity index (χ0n) is 15.3. The van der Waals surface area contributed by atoms with E-state index in [1.165, 1.54) is 24.0 Å². The molecule has 0 amide bonds. The van der Waals surface area contributed by atoms with Crippen LogP contribution in [0.4, 0.5) is 0 Å². The molecule has 0 unspecified atom stereocenters. The summed E-state index contributed by atoms with van der Waals surface area (Å²) in [6, 6.07) is 25.7. The standard InChI is InChI=1S/C23H32/c1-5-21-16-12-9-8-10-13-18-22(19-15-11-14-17-21)20-23(4,6-2)7-3/h8-19H,5-7,20H2,1-4H3. The van der Waals surface area contributed by atoms with E-state index in [2.05, 4.69) is 100 Å². The molecule has 0 atom stereocenters. The van der Waals surface area contributed by atoms with Gasteiger partial charge < -0.3 is 0 Å². The van der Waals surface area contributed by atoms with Gasteiger partial charge in [0, 0.05) is 0 Å². The maximum Gasteiger partial charge on any atom is -0.0225 e. The first-order chi connectivity index (χ1) is 11.1. The fourth-order valence-electron chi connectivity index (χ4n) is 2.43. The quantitative estimate of drug-likeness (QED) is 0.557. The minimum atomic E-state index is 0.382. The van der Waals surface area contributed by atoms with E-state index in [4.69, 9.17) is 0 Å². The molecular weight excluding hydrogens is 276 g/mol. The first kappa shape index (κ1) is 19.2. The molecule has 0 nitrogen and oxygen atoms in total. The second-order valence-corrected chi connectivity index (χ2v) is 6.40. The summed E-state index contributed by atoms with van der Waals surface area (Å²) in [5, 5.41) is 0. The number of hydrogen-bond donors (Lipinski definition) is 0. The van der Waals surface area contributed by atoms with Gasteiger partial charge in [-0.15, -0.1) is 0 Å². The highest BCUT2D eigenvalue weighted by Gasteiger charge is 2.19. The minimum absolute atomic E-state index is 0.382. The lowest BCUT2D eigenvalue weighted by Crippen LogP contribution is -2.16. The summed E-state index contributed by atoms with van der Waals surface area (Å²) in [5.74, 6) is 0. The predicted molar refractivity (Wildman–Crippen MR) is 103 cm³/mol. The molecule has 0 saturated heterocycles. The van der Waals surface area contributed by atoms with Crippen molar-refractivity contribution in [3.63, 3.8) is 0 Å². The van der Waals surface area contributed by atoms with Gasteiger partial charge in [0.2, 0.25) is 0 Å². The van der Waals surface area contributed by atoms with Crippen LogP contribution in [0.1, 0.15) is 51.7 Å². The van der Waals surface area contributed by atoms with Crippen LogP contribution in [0.3, 0.4) is 0 Å². The molecule has 0 aliphatic carbocycles. The molecule has 0 heteroatoms. The lowest BCUT2D eigenvalue weighted by atomic mass is 9.79. The van der Waals surface area contributed by atoms with Crippen molar-refractivity contribution in [1.82, 2.24) is 0 Å². The average molecular weight is 309 g/mol. The molecule has 0 fully saturated rings. The predicted octanol–water partition coefficient (Wildman–Crippen LogP) is 6.87. The third-order valence-electron chi connectivity index (χ3n) is 4.65. The Morgan fingerprint density at radius 2 is 1.00 bits per heavy atom. The highest BCUT2D eigenvalue weighted by molar-refractivity contribution is 5.15. The monoisotopic (exact) mass is 308 g/mol. The first-order valence-corrected chi connectivity index (χ1v) is 8.88. The van der Waals surface area contributed by atoms with Crippen LogP contribution in [-0.2, 0) is 12.8 Å². The van der Waals surface area contributed by atoms with Crippen LogP contribution in [0.25, 0.3) is 0 Å². The van der Waals surface area contributed by atoms with Gasteiger partial charge in [-0.3, -0.25) is 0 Å². The van der Waals surface area contributed by atoms with Crippen molar-refractivity contribution >= 4 is 0 Å². The Bertz CT molecular complexity index is 565. The van der Waals surface area contributed by atoms with Gasteiger partial charge in [-0.25, -0.2) is 0 Å². The zero-order chi connectivity index (χ0) is 17.0. The highest BCUT2D eigenvalue weighted by atomic mass is 14.2. The smallest absolute Gasteiger partial charge is 0.0225 e. The molecule has 0 heterocycles. The number of aryl methyl sites for hydroxylation is 1. The molecule has 0 radical (unpaired) electrons. The van der Waals surface area contributed by atoms with E-state index in [0.29, 0.717) is 5.41 Å². The van der Waals surface area contributed by atoms with Gasteiger partial charge in [-0.2, -0.15) is 0 Å². The Balaban J connectivity index is 3.24. The molecule has 1 aromatic carbocycles. The van der Waals surface area contributed by atoms with Gasteiger partial charge in [0.25, 0.3) is 0 Å². The second-order valence-electron chi connectivity index (χ2n) is 6.40. The Hall–Kier alpha value is -1.82. The van der Waals surface area contributed by atoms with Crippen LogP contribution in [0.15, 0.2) is 72.8 Å². The molecule has 0 N–H and O–H groups in total. The Morgan fingerprint density at radius 1 is 0.609 bits per heavy atom. The molecule has 0 aromatic heterocycles. The summed E-state index contributed by atoms with van der Waals surface area (Å²) in [4.78, 5) is 0. The molecule has 124 valence electrons. The van der Waals surface area contributed by atoms with E-state index >= 15 is 0 Å². The topological polar surface area (TPSA) is 0 Å². The summed E-state index contributed by atoms with van der Waals surface area (Å²) in [5.41, 5.74) is 3.10. The lowest BCUT2D eigenvalue weighted by molar-refractivity contribution is 0.296. The van der Waals surface area contributed by atoms with Gasteiger partial charge in [-0.05, 0) is 29.4 Å². The third-order valence-corrected chi connectivity index (χ3v) is 4.65. The molecule has 0 aliphatic heterocycles. The van der Waals surface area contributed by atoms with E-state index in [-0.39, 0.29) is 0 Å². The second kappa shape index (κ2) is 10.8. The first-order valence-electron chi connectivity index (χ1n) is 8.88. The van der Waals surface area contributed by atoms with Crippen molar-refractivity contribution < 1.29 is 0 Å². The summed E-state index contributed by atoms with van der Waals surface area (Å²) in [7, 11) is 0. The molecule has 1 aromatic rings. The van der Waals surface area contributed by atoms with Crippen molar-refractivity contribution in [3.8, 4) is 0 Å². The normalized spacial score (nSPS) is 10.4. The van der Waals surface area contributed by atoms with Crippen LogP contribution < -0.4 is 0 Å². The highest BCUT2D eigenvalue weighted by Crippen LogP contribution is 2.29. The minimum Gasteiger partial charge on any atom is -0.0649 e. The Kier molecular flexibility index (Phi) is 9.05. The van der Waals surface area contributed by atoms with Crippen molar-refractivity contribution in [2.75, 3.05) is 0 Å². The molecule has 23 heavy (non-hydrogen) atoms. The lowest BCUT2D eigenvalue weighted by Gasteiger charge is -2.26. The average Bonchev–Trinajstić information content (AvgIpc) is 2.57. The van der Waals surface area contributed by atoms with Crippen LogP contribution >= 0.6 is 0 Å². The van der Waals surface area contributed by atoms with Crippen LogP contribution in [-0.4, -0.2) is 0 Å². The van der Waals surface area contributed by atoms with Gasteiger partial charge in [0.1, 0.15) is 0 Å². The van der Waals surface area contributed by atoms with Gasteiger partial charge in [-0.1, -0.05) is 113 Å². The van der Waals surface area contributed by atoms with Crippen molar-refractivity contribution in [2.24, 2.45) is 5.41 Å². The van der Waals surface area contributed by atoms with Crippen LogP contribution in [0, 0.1) is 5.41 Å². The maximum absolute atomic E-state index is 2.38. The van der Waals surface area contributed by atoms with Crippen LogP contribution in [0.2, 0.25) is 0 Å². The SMILES string of the molecule is CCc1cccccccc(CC(C)(CC)CC)ccccc1. The maximum atomic E-state index is 2.38. The zero-order valence-corrected chi connectivity index (χ0v) is 15.3. The summed E-state index contributed by atoms with van der Waals surface area (Å²) < 4.78 is 0. The molecule has 1 rings (SSSR count). The summed E-state index contributed by atoms with van der Waals surface area (Å²) in [6.45, 7) is 9.15. The number of rotatable bonds is 5. The van der Waals surface area contributed by atoms with Gasteiger partial charge >= 0.3 is 0 Å². The van der Waals surface area contributed by atoms with Gasteiger partial charge in [0.05, 0.1) is 0 Å².